The van der Waals surface area contributed by atoms with E-state index < -0.39 is 35.4 Å². The van der Waals surface area contributed by atoms with E-state index in [0.717, 1.165) is 36.8 Å². The predicted octanol–water partition coefficient (Wildman–Crippen LogP) is 5.40. The Morgan fingerprint density at radius 2 is 1.97 bits per heavy atom. The monoisotopic (exact) mass is 503 g/mol. The van der Waals surface area contributed by atoms with Crippen molar-refractivity contribution < 1.29 is 22.0 Å². The zero-order chi connectivity index (χ0) is 26.6. The summed E-state index contributed by atoms with van der Waals surface area (Å²) < 4.78 is 66.1. The third-order valence-electron chi connectivity index (χ3n) is 5.15. The molecule has 1 aromatic carbocycles. The molecule has 3 rings (SSSR count). The summed E-state index contributed by atoms with van der Waals surface area (Å²) in [6, 6.07) is 4.70. The molecule has 1 unspecified atom stereocenters. The standard InChI is InChI=1S/C22H18F5N9/c1-2-12(16(36-31)9-32-15-5-11(23)3-4-14(15)24)18-13(6-28)17(19(35-18)20(29)30)10-7-33-21(34-8-10)22(25,26)27/h3-5,7-9,12,31-32,35H,2H2,1H3,(H3,29,30)/b16-9-,36-31?. The SMILES string of the molecule is CCC(/C(=C/Nc1cc(F)ccc1F)N=N)c1[nH]c(C(=N)N)c(-c2cnc(C(F)(F)F)nc2)c1C#N. The second-order valence-electron chi connectivity index (χ2n) is 7.39. The van der Waals surface area contributed by atoms with Gasteiger partial charge in [0.15, 0.2) is 0 Å². The summed E-state index contributed by atoms with van der Waals surface area (Å²) in [5.41, 5.74) is 13.0. The van der Waals surface area contributed by atoms with Crippen molar-refractivity contribution in [3.8, 4) is 17.2 Å². The molecule has 3 aromatic rings. The minimum absolute atomic E-state index is 0.000592. The summed E-state index contributed by atoms with van der Waals surface area (Å²) in [7, 11) is 0. The number of hydrogen-bond donors (Lipinski definition) is 5. The maximum Gasteiger partial charge on any atom is 0.451 e. The lowest BCUT2D eigenvalue weighted by molar-refractivity contribution is -0.144. The van der Waals surface area contributed by atoms with E-state index in [9.17, 15) is 27.2 Å². The summed E-state index contributed by atoms with van der Waals surface area (Å²) in [6.45, 7) is 1.70. The van der Waals surface area contributed by atoms with E-state index >= 15 is 0 Å². The Balaban J connectivity index is 2.12. The number of nitriles is 1. The molecule has 0 saturated carbocycles. The first-order valence-corrected chi connectivity index (χ1v) is 10.2. The summed E-state index contributed by atoms with van der Waals surface area (Å²) in [4.78, 5) is 9.43. The normalized spacial score (nSPS) is 12.6. The van der Waals surface area contributed by atoms with Crippen LogP contribution >= 0.6 is 0 Å². The van der Waals surface area contributed by atoms with Crippen molar-refractivity contribution in [2.75, 3.05) is 5.32 Å². The van der Waals surface area contributed by atoms with Gasteiger partial charge in [-0.3, -0.25) is 5.41 Å². The first-order valence-electron chi connectivity index (χ1n) is 10.2. The van der Waals surface area contributed by atoms with Crippen LogP contribution in [0.1, 0.15) is 42.0 Å². The van der Waals surface area contributed by atoms with Gasteiger partial charge in [-0.25, -0.2) is 24.3 Å². The van der Waals surface area contributed by atoms with Gasteiger partial charge in [0.05, 0.1) is 22.6 Å². The molecule has 9 nitrogen and oxygen atoms in total. The summed E-state index contributed by atoms with van der Waals surface area (Å²) in [5, 5.41) is 23.8. The molecule has 0 aliphatic carbocycles. The molecule has 0 saturated heterocycles. The van der Waals surface area contributed by atoms with Crippen LogP contribution in [0.3, 0.4) is 0 Å². The number of aromatic nitrogens is 3. The van der Waals surface area contributed by atoms with Gasteiger partial charge in [-0.05, 0) is 18.6 Å². The molecule has 0 aliphatic rings. The quantitative estimate of drug-likeness (QED) is 0.120. The summed E-state index contributed by atoms with van der Waals surface area (Å²) >= 11 is 0. The number of alkyl halides is 3. The summed E-state index contributed by atoms with van der Waals surface area (Å²) in [5.74, 6) is -4.16. The van der Waals surface area contributed by atoms with E-state index in [1.165, 1.54) is 0 Å². The molecule has 36 heavy (non-hydrogen) atoms. The Hall–Kier alpha value is -4.67. The maximum absolute atomic E-state index is 14.0. The average Bonchev–Trinajstić information content (AvgIpc) is 3.22. The molecule has 0 aliphatic heterocycles. The average molecular weight is 503 g/mol. The molecule has 0 spiro atoms. The van der Waals surface area contributed by atoms with Gasteiger partial charge < -0.3 is 16.0 Å². The number of hydrogen-bond acceptors (Lipinski definition) is 7. The molecule has 1 atom stereocenters. The van der Waals surface area contributed by atoms with E-state index in [2.05, 4.69) is 25.4 Å². The van der Waals surface area contributed by atoms with Crippen molar-refractivity contribution in [3.05, 3.63) is 76.9 Å². The Kier molecular flexibility index (Phi) is 7.42. The lowest BCUT2D eigenvalue weighted by atomic mass is 9.93. The third kappa shape index (κ3) is 5.19. The number of rotatable bonds is 8. The van der Waals surface area contributed by atoms with E-state index in [-0.39, 0.29) is 45.9 Å². The highest BCUT2D eigenvalue weighted by Crippen LogP contribution is 2.38. The van der Waals surface area contributed by atoms with Crippen LogP contribution < -0.4 is 11.1 Å². The van der Waals surface area contributed by atoms with Gasteiger partial charge in [0.1, 0.15) is 23.5 Å². The molecular formula is C22H18F5N9. The Morgan fingerprint density at radius 3 is 2.50 bits per heavy atom. The number of benzene rings is 1. The second kappa shape index (κ2) is 10.3. The van der Waals surface area contributed by atoms with Crippen LogP contribution in [-0.4, -0.2) is 20.8 Å². The lowest BCUT2D eigenvalue weighted by Crippen LogP contribution is -2.14. The molecule has 0 fully saturated rings. The number of halogens is 5. The number of allylic oxidation sites excluding steroid dienone is 1. The van der Waals surface area contributed by atoms with Crippen molar-refractivity contribution in [2.45, 2.75) is 25.4 Å². The zero-order valence-corrected chi connectivity index (χ0v) is 18.5. The van der Waals surface area contributed by atoms with Crippen LogP contribution in [0, 0.1) is 33.9 Å². The van der Waals surface area contributed by atoms with E-state index in [1.807, 2.05) is 6.07 Å². The lowest BCUT2D eigenvalue weighted by Gasteiger charge is -2.15. The van der Waals surface area contributed by atoms with Crippen LogP contribution in [0.5, 0.6) is 0 Å². The summed E-state index contributed by atoms with van der Waals surface area (Å²) in [6.07, 6.45) is -1.65. The second-order valence-corrected chi connectivity index (χ2v) is 7.39. The van der Waals surface area contributed by atoms with Crippen LogP contribution in [0.2, 0.25) is 0 Å². The van der Waals surface area contributed by atoms with Crippen molar-refractivity contribution in [3.63, 3.8) is 0 Å². The highest BCUT2D eigenvalue weighted by molar-refractivity contribution is 6.01. The largest absolute Gasteiger partial charge is 0.451 e. The maximum atomic E-state index is 14.0. The van der Waals surface area contributed by atoms with Gasteiger partial charge >= 0.3 is 6.18 Å². The minimum Gasteiger partial charge on any atom is -0.382 e. The molecule has 6 N–H and O–H groups in total. The highest BCUT2D eigenvalue weighted by Gasteiger charge is 2.35. The smallest absolute Gasteiger partial charge is 0.382 e. The number of anilines is 1. The molecule has 2 aromatic heterocycles. The van der Waals surface area contributed by atoms with Crippen molar-refractivity contribution >= 4 is 11.5 Å². The highest BCUT2D eigenvalue weighted by atomic mass is 19.4. The van der Waals surface area contributed by atoms with Gasteiger partial charge in [0.2, 0.25) is 5.82 Å². The number of nitrogens with two attached hydrogens (primary N) is 1. The molecular weight excluding hydrogens is 485 g/mol. The molecule has 0 radical (unpaired) electrons. The number of nitrogens with zero attached hydrogens (tertiary/aromatic N) is 4. The molecule has 2 heterocycles. The Labute approximate surface area is 200 Å². The Morgan fingerprint density at radius 1 is 1.31 bits per heavy atom. The van der Waals surface area contributed by atoms with Crippen LogP contribution in [0.15, 0.2) is 47.6 Å². The van der Waals surface area contributed by atoms with E-state index in [4.69, 9.17) is 16.7 Å². The first-order chi connectivity index (χ1) is 17.0. The molecule has 0 bridgehead atoms. The van der Waals surface area contributed by atoms with Crippen molar-refractivity contribution in [2.24, 2.45) is 10.8 Å². The number of amidine groups is 1. The van der Waals surface area contributed by atoms with Crippen molar-refractivity contribution in [1.82, 2.24) is 15.0 Å². The number of nitrogen functional groups attached to an aromatic ring is 1. The fourth-order valence-electron chi connectivity index (χ4n) is 3.52. The molecule has 186 valence electrons. The Bertz CT molecular complexity index is 1370. The van der Waals surface area contributed by atoms with Gasteiger partial charge in [0.25, 0.3) is 0 Å². The van der Waals surface area contributed by atoms with Gasteiger partial charge in [-0.2, -0.15) is 23.5 Å². The number of H-pyrrole nitrogens is 1. The van der Waals surface area contributed by atoms with E-state index in [1.54, 1.807) is 6.92 Å². The van der Waals surface area contributed by atoms with Crippen LogP contribution in [-0.2, 0) is 6.18 Å². The fourth-order valence-corrected chi connectivity index (χ4v) is 3.52. The number of aromatic amines is 1. The minimum atomic E-state index is -4.78. The van der Waals surface area contributed by atoms with Crippen LogP contribution in [0.4, 0.5) is 27.6 Å². The van der Waals surface area contributed by atoms with Gasteiger partial charge in [0, 0.05) is 47.4 Å². The molecule has 0 amide bonds. The zero-order valence-electron chi connectivity index (χ0n) is 18.5. The van der Waals surface area contributed by atoms with Crippen molar-refractivity contribution in [1.29, 1.82) is 16.2 Å². The topological polar surface area (TPSA) is 163 Å². The van der Waals surface area contributed by atoms with Gasteiger partial charge in [-0.15, -0.1) is 0 Å². The fraction of sp³-hybridized carbons (Fsp3) is 0.182. The third-order valence-corrected chi connectivity index (χ3v) is 5.15. The van der Waals surface area contributed by atoms with E-state index in [0.29, 0.717) is 0 Å². The first kappa shape index (κ1) is 25.9. The number of nitrogens with one attached hydrogen (secondary N) is 4. The van der Waals surface area contributed by atoms with Gasteiger partial charge in [-0.1, -0.05) is 6.92 Å². The predicted molar refractivity (Wildman–Crippen MR) is 119 cm³/mol. The van der Waals surface area contributed by atoms with Crippen LogP contribution in [0.25, 0.3) is 11.1 Å². The molecule has 14 heteroatoms.